The zero-order chi connectivity index (χ0) is 15.3. The summed E-state index contributed by atoms with van der Waals surface area (Å²) in [6, 6.07) is 0.489. The van der Waals surface area contributed by atoms with Crippen molar-refractivity contribution in [1.29, 1.82) is 0 Å². The van der Waals surface area contributed by atoms with Crippen LogP contribution >= 0.6 is 0 Å². The fraction of sp³-hybridized carbons (Fsp3) is 1.00. The van der Waals surface area contributed by atoms with Gasteiger partial charge in [-0.3, -0.25) is 0 Å². The SMILES string of the molecule is CCCCCCCCCCC(NCC)C(C)(CC)OC. The topological polar surface area (TPSA) is 21.3 Å². The van der Waals surface area contributed by atoms with Gasteiger partial charge in [0.1, 0.15) is 0 Å². The lowest BCUT2D eigenvalue weighted by Crippen LogP contribution is -2.49. The van der Waals surface area contributed by atoms with Crippen LogP contribution in [0.4, 0.5) is 0 Å². The highest BCUT2D eigenvalue weighted by Gasteiger charge is 2.31. The molecule has 0 aromatic rings. The molecule has 0 heterocycles. The first-order chi connectivity index (χ1) is 9.64. The minimum atomic E-state index is -0.0167. The van der Waals surface area contributed by atoms with Crippen LogP contribution < -0.4 is 5.32 Å². The molecule has 0 fully saturated rings. The number of hydrogen-bond acceptors (Lipinski definition) is 2. The Morgan fingerprint density at radius 1 is 0.900 bits per heavy atom. The van der Waals surface area contributed by atoms with E-state index >= 15 is 0 Å². The van der Waals surface area contributed by atoms with E-state index in [2.05, 4.69) is 33.0 Å². The van der Waals surface area contributed by atoms with Crippen LogP contribution in [0.1, 0.15) is 91.9 Å². The highest BCUT2D eigenvalue weighted by atomic mass is 16.5. The van der Waals surface area contributed by atoms with Crippen molar-refractivity contribution in [2.24, 2.45) is 0 Å². The molecule has 2 atom stereocenters. The second-order valence-corrected chi connectivity index (χ2v) is 6.24. The van der Waals surface area contributed by atoms with Gasteiger partial charge in [0.2, 0.25) is 0 Å². The fourth-order valence-corrected chi connectivity index (χ4v) is 2.89. The van der Waals surface area contributed by atoms with Crippen LogP contribution in [0.15, 0.2) is 0 Å². The first kappa shape index (κ1) is 19.9. The average molecular weight is 286 g/mol. The second-order valence-electron chi connectivity index (χ2n) is 6.24. The van der Waals surface area contributed by atoms with Crippen LogP contribution in [0.5, 0.6) is 0 Å². The summed E-state index contributed by atoms with van der Waals surface area (Å²) in [5.74, 6) is 0. The number of ether oxygens (including phenoxy) is 1. The van der Waals surface area contributed by atoms with Gasteiger partial charge in [-0.2, -0.15) is 0 Å². The summed E-state index contributed by atoms with van der Waals surface area (Å²) in [5.41, 5.74) is -0.0167. The van der Waals surface area contributed by atoms with E-state index in [-0.39, 0.29) is 5.60 Å². The molecule has 2 unspecified atom stereocenters. The lowest BCUT2D eigenvalue weighted by molar-refractivity contribution is -0.0312. The Labute approximate surface area is 128 Å². The molecule has 0 aromatic heterocycles. The van der Waals surface area contributed by atoms with E-state index in [1.165, 1.54) is 57.8 Å². The molecule has 122 valence electrons. The van der Waals surface area contributed by atoms with Gasteiger partial charge < -0.3 is 10.1 Å². The van der Waals surface area contributed by atoms with Gasteiger partial charge in [0.25, 0.3) is 0 Å². The Balaban J connectivity index is 3.81. The molecule has 20 heavy (non-hydrogen) atoms. The molecular formula is C18H39NO. The summed E-state index contributed by atoms with van der Waals surface area (Å²) < 4.78 is 5.76. The minimum absolute atomic E-state index is 0.0167. The van der Waals surface area contributed by atoms with Gasteiger partial charge in [0, 0.05) is 13.2 Å². The maximum atomic E-state index is 5.76. The van der Waals surface area contributed by atoms with Gasteiger partial charge in [0.05, 0.1) is 5.60 Å². The molecule has 2 nitrogen and oxygen atoms in total. The molecule has 0 aromatic carbocycles. The second kappa shape index (κ2) is 12.6. The number of rotatable bonds is 14. The Hall–Kier alpha value is -0.0800. The maximum absolute atomic E-state index is 5.76. The molecule has 0 bridgehead atoms. The maximum Gasteiger partial charge on any atom is 0.0800 e. The summed E-state index contributed by atoms with van der Waals surface area (Å²) in [6.45, 7) is 9.96. The van der Waals surface area contributed by atoms with Crippen LogP contribution in [0.25, 0.3) is 0 Å². The van der Waals surface area contributed by atoms with Crippen molar-refractivity contribution < 1.29 is 4.74 Å². The lowest BCUT2D eigenvalue weighted by Gasteiger charge is -2.36. The van der Waals surface area contributed by atoms with Gasteiger partial charge >= 0.3 is 0 Å². The Morgan fingerprint density at radius 3 is 1.90 bits per heavy atom. The number of unbranched alkanes of at least 4 members (excludes halogenated alkanes) is 7. The molecule has 0 spiro atoms. The normalized spacial score (nSPS) is 16.1. The van der Waals surface area contributed by atoms with Crippen LogP contribution in [-0.2, 0) is 4.74 Å². The van der Waals surface area contributed by atoms with Crippen LogP contribution in [0, 0.1) is 0 Å². The highest BCUT2D eigenvalue weighted by molar-refractivity contribution is 4.88. The molecule has 0 saturated heterocycles. The van der Waals surface area contributed by atoms with Gasteiger partial charge in [0.15, 0.2) is 0 Å². The third-order valence-corrected chi connectivity index (χ3v) is 4.70. The van der Waals surface area contributed by atoms with Gasteiger partial charge in [-0.25, -0.2) is 0 Å². The van der Waals surface area contributed by atoms with Crippen LogP contribution in [0.3, 0.4) is 0 Å². The zero-order valence-electron chi connectivity index (χ0n) is 14.8. The molecule has 0 saturated carbocycles. The number of nitrogens with one attached hydrogen (secondary N) is 1. The van der Waals surface area contributed by atoms with E-state index in [4.69, 9.17) is 4.74 Å². The van der Waals surface area contributed by atoms with E-state index < -0.39 is 0 Å². The number of hydrogen-bond donors (Lipinski definition) is 1. The summed E-state index contributed by atoms with van der Waals surface area (Å²) in [4.78, 5) is 0. The summed E-state index contributed by atoms with van der Waals surface area (Å²) >= 11 is 0. The van der Waals surface area contributed by atoms with Crippen molar-refractivity contribution in [3.8, 4) is 0 Å². The summed E-state index contributed by atoms with van der Waals surface area (Å²) in [7, 11) is 1.85. The third kappa shape index (κ3) is 8.26. The molecule has 0 aliphatic heterocycles. The molecule has 2 heteroatoms. The van der Waals surface area contributed by atoms with E-state index in [0.29, 0.717) is 6.04 Å². The standard InChI is InChI=1S/C18H39NO/c1-6-9-10-11-12-13-14-15-16-17(19-8-3)18(4,7-2)20-5/h17,19H,6-16H2,1-5H3. The molecule has 0 aliphatic rings. The van der Waals surface area contributed by atoms with E-state index in [1.54, 1.807) is 0 Å². The molecular weight excluding hydrogens is 246 g/mol. The van der Waals surface area contributed by atoms with Crippen molar-refractivity contribution in [1.82, 2.24) is 5.32 Å². The fourth-order valence-electron chi connectivity index (χ4n) is 2.89. The monoisotopic (exact) mass is 285 g/mol. The third-order valence-electron chi connectivity index (χ3n) is 4.70. The van der Waals surface area contributed by atoms with E-state index in [0.717, 1.165) is 13.0 Å². The molecule has 1 N–H and O–H groups in total. The summed E-state index contributed by atoms with van der Waals surface area (Å²) in [5, 5.41) is 3.62. The van der Waals surface area contributed by atoms with Crippen molar-refractivity contribution in [2.75, 3.05) is 13.7 Å². The first-order valence-corrected chi connectivity index (χ1v) is 8.93. The molecule has 0 aliphatic carbocycles. The predicted octanol–water partition coefficient (Wildman–Crippen LogP) is 5.31. The largest absolute Gasteiger partial charge is 0.377 e. The minimum Gasteiger partial charge on any atom is -0.377 e. The molecule has 0 rings (SSSR count). The van der Waals surface area contributed by atoms with Gasteiger partial charge in [-0.15, -0.1) is 0 Å². The Kier molecular flexibility index (Phi) is 12.6. The van der Waals surface area contributed by atoms with Gasteiger partial charge in [-0.05, 0) is 26.3 Å². The number of likely N-dealkylation sites (N-methyl/N-ethyl adjacent to an activating group) is 1. The Bertz CT molecular complexity index is 202. The number of methoxy groups -OCH3 is 1. The highest BCUT2D eigenvalue weighted by Crippen LogP contribution is 2.23. The van der Waals surface area contributed by atoms with E-state index in [9.17, 15) is 0 Å². The average Bonchev–Trinajstić information content (AvgIpc) is 2.48. The quantitative estimate of drug-likeness (QED) is 0.437. The predicted molar refractivity (Wildman–Crippen MR) is 90.4 cm³/mol. The molecule has 0 radical (unpaired) electrons. The van der Waals surface area contributed by atoms with E-state index in [1.807, 2.05) is 7.11 Å². The first-order valence-electron chi connectivity index (χ1n) is 8.93. The summed E-state index contributed by atoms with van der Waals surface area (Å²) in [6.07, 6.45) is 13.4. The van der Waals surface area contributed by atoms with Crippen molar-refractivity contribution in [3.05, 3.63) is 0 Å². The van der Waals surface area contributed by atoms with Crippen molar-refractivity contribution >= 4 is 0 Å². The Morgan fingerprint density at radius 2 is 1.45 bits per heavy atom. The van der Waals surface area contributed by atoms with Crippen LogP contribution in [0.2, 0.25) is 0 Å². The molecule has 0 amide bonds. The van der Waals surface area contributed by atoms with Crippen molar-refractivity contribution in [3.63, 3.8) is 0 Å². The zero-order valence-corrected chi connectivity index (χ0v) is 14.8. The van der Waals surface area contributed by atoms with Crippen molar-refractivity contribution in [2.45, 2.75) is 104 Å². The smallest absolute Gasteiger partial charge is 0.0800 e. The van der Waals surface area contributed by atoms with Gasteiger partial charge in [-0.1, -0.05) is 72.1 Å². The van der Waals surface area contributed by atoms with Crippen LogP contribution in [-0.4, -0.2) is 25.3 Å². The lowest BCUT2D eigenvalue weighted by atomic mass is 9.89.